The maximum atomic E-state index is 13.0. The smallest absolute Gasteiger partial charge is 0.418 e. The number of amides is 1. The molecule has 0 saturated carbocycles. The van der Waals surface area contributed by atoms with Crippen LogP contribution in [-0.2, 0) is 15.7 Å². The van der Waals surface area contributed by atoms with E-state index in [0.29, 0.717) is 10.2 Å². The Morgan fingerprint density at radius 2 is 1.93 bits per heavy atom. The average Bonchev–Trinajstić information content (AvgIpc) is 2.61. The summed E-state index contributed by atoms with van der Waals surface area (Å²) in [5.41, 5.74) is -1.61. The summed E-state index contributed by atoms with van der Waals surface area (Å²) in [6, 6.07) is 7.63. The van der Waals surface area contributed by atoms with E-state index in [2.05, 4.69) is 15.9 Å². The van der Waals surface area contributed by atoms with E-state index in [0.717, 1.165) is 12.1 Å². The Morgan fingerprint density at radius 1 is 1.22 bits per heavy atom. The van der Waals surface area contributed by atoms with Crippen LogP contribution in [0.5, 0.6) is 5.75 Å². The van der Waals surface area contributed by atoms with Gasteiger partial charge in [-0.3, -0.25) is 4.79 Å². The second kappa shape index (κ2) is 8.62. The lowest BCUT2D eigenvalue weighted by molar-refractivity contribution is -0.137. The molecule has 0 bridgehead atoms. The molecule has 2 aromatic carbocycles. The van der Waals surface area contributed by atoms with Crippen molar-refractivity contribution in [1.82, 2.24) is 0 Å². The van der Waals surface area contributed by atoms with Gasteiger partial charge >= 0.3 is 12.1 Å². The van der Waals surface area contributed by atoms with E-state index in [1.165, 1.54) is 19.2 Å². The molecule has 5 nitrogen and oxygen atoms in total. The fourth-order valence-electron chi connectivity index (χ4n) is 2.06. The van der Waals surface area contributed by atoms with Crippen molar-refractivity contribution in [3.63, 3.8) is 0 Å². The Hall–Kier alpha value is -2.26. The van der Waals surface area contributed by atoms with Crippen molar-refractivity contribution in [2.45, 2.75) is 6.18 Å². The number of benzene rings is 2. The quantitative estimate of drug-likeness (QED) is 0.635. The van der Waals surface area contributed by atoms with Gasteiger partial charge in [0, 0.05) is 4.47 Å². The van der Waals surface area contributed by atoms with Crippen molar-refractivity contribution >= 4 is 45.1 Å². The number of halogens is 5. The van der Waals surface area contributed by atoms with Crippen LogP contribution in [0.4, 0.5) is 18.9 Å². The van der Waals surface area contributed by atoms with Crippen molar-refractivity contribution < 1.29 is 32.2 Å². The highest BCUT2D eigenvalue weighted by Crippen LogP contribution is 2.38. The Balaban J connectivity index is 2.09. The number of para-hydroxylation sites is 1. The standard InChI is InChI=1S/C17H12BrClF3NO4/c1-26-9-5-6-12(18)10(7-9)16(25)27-8-14(24)23-15-11(17(20,21)22)3-2-4-13(15)19/h2-7H,8H2,1H3,(H,23,24). The van der Waals surface area contributed by atoms with E-state index in [1.807, 2.05) is 5.32 Å². The minimum Gasteiger partial charge on any atom is -0.497 e. The van der Waals surface area contributed by atoms with Crippen LogP contribution in [0.25, 0.3) is 0 Å². The van der Waals surface area contributed by atoms with Crippen LogP contribution in [0.1, 0.15) is 15.9 Å². The molecule has 0 unspecified atom stereocenters. The van der Waals surface area contributed by atoms with Crippen molar-refractivity contribution in [2.75, 3.05) is 19.0 Å². The molecular weight excluding hydrogens is 455 g/mol. The summed E-state index contributed by atoms with van der Waals surface area (Å²) in [6.07, 6.45) is -4.71. The minimum absolute atomic E-state index is 0.0934. The predicted molar refractivity (Wildman–Crippen MR) is 96.1 cm³/mol. The first-order valence-electron chi connectivity index (χ1n) is 7.29. The monoisotopic (exact) mass is 465 g/mol. The van der Waals surface area contributed by atoms with Crippen molar-refractivity contribution in [3.8, 4) is 5.75 Å². The molecule has 0 spiro atoms. The third-order valence-corrected chi connectivity index (χ3v) is 4.32. The molecule has 0 radical (unpaired) electrons. The molecule has 27 heavy (non-hydrogen) atoms. The molecule has 10 heteroatoms. The lowest BCUT2D eigenvalue weighted by Crippen LogP contribution is -2.23. The normalized spacial score (nSPS) is 11.0. The fraction of sp³-hybridized carbons (Fsp3) is 0.176. The van der Waals surface area contributed by atoms with E-state index >= 15 is 0 Å². The number of nitrogens with one attached hydrogen (secondary N) is 1. The molecule has 2 rings (SSSR count). The van der Waals surface area contributed by atoms with Gasteiger partial charge in [-0.1, -0.05) is 17.7 Å². The van der Waals surface area contributed by atoms with Crippen molar-refractivity contribution in [1.29, 1.82) is 0 Å². The van der Waals surface area contributed by atoms with E-state index in [4.69, 9.17) is 21.1 Å². The minimum atomic E-state index is -4.71. The Morgan fingerprint density at radius 3 is 2.56 bits per heavy atom. The zero-order valence-electron chi connectivity index (χ0n) is 13.7. The van der Waals surface area contributed by atoms with Gasteiger partial charge < -0.3 is 14.8 Å². The number of hydrogen-bond acceptors (Lipinski definition) is 4. The summed E-state index contributed by atoms with van der Waals surface area (Å²) in [6.45, 7) is -0.801. The summed E-state index contributed by atoms with van der Waals surface area (Å²) < 4.78 is 49.3. The number of carbonyl (C=O) groups excluding carboxylic acids is 2. The second-order valence-corrected chi connectivity index (χ2v) is 6.39. The Labute approximate surface area is 165 Å². The van der Waals surface area contributed by atoms with Crippen LogP contribution in [0.15, 0.2) is 40.9 Å². The van der Waals surface area contributed by atoms with Gasteiger partial charge in [0.15, 0.2) is 6.61 Å². The number of rotatable bonds is 5. The summed E-state index contributed by atoms with van der Waals surface area (Å²) in [4.78, 5) is 24.0. The summed E-state index contributed by atoms with van der Waals surface area (Å²) in [5.74, 6) is -1.44. The maximum Gasteiger partial charge on any atom is 0.418 e. The number of carbonyl (C=O) groups is 2. The molecule has 0 aromatic heterocycles. The first kappa shape index (κ1) is 21.0. The zero-order chi connectivity index (χ0) is 20.2. The van der Waals surface area contributed by atoms with E-state index in [1.54, 1.807) is 12.1 Å². The molecule has 0 heterocycles. The molecule has 1 amide bonds. The van der Waals surface area contributed by atoms with Gasteiger partial charge in [0.25, 0.3) is 5.91 Å². The molecular formula is C17H12BrClF3NO4. The maximum absolute atomic E-state index is 13.0. The second-order valence-electron chi connectivity index (χ2n) is 5.13. The molecule has 0 fully saturated rings. The van der Waals surface area contributed by atoms with Crippen LogP contribution >= 0.6 is 27.5 Å². The van der Waals surface area contributed by atoms with E-state index < -0.39 is 35.9 Å². The van der Waals surface area contributed by atoms with Gasteiger partial charge in [0.2, 0.25) is 0 Å². The SMILES string of the molecule is COc1ccc(Br)c(C(=O)OCC(=O)Nc2c(Cl)cccc2C(F)(F)F)c1. The Kier molecular flexibility index (Phi) is 6.72. The van der Waals surface area contributed by atoms with Crippen LogP contribution in [0.2, 0.25) is 5.02 Å². The van der Waals surface area contributed by atoms with Crippen molar-refractivity contribution in [3.05, 3.63) is 57.0 Å². The van der Waals surface area contributed by atoms with Gasteiger partial charge in [-0.2, -0.15) is 13.2 Å². The van der Waals surface area contributed by atoms with Gasteiger partial charge in [-0.25, -0.2) is 4.79 Å². The number of methoxy groups -OCH3 is 1. The highest BCUT2D eigenvalue weighted by molar-refractivity contribution is 9.10. The number of anilines is 1. The zero-order valence-corrected chi connectivity index (χ0v) is 16.0. The third-order valence-electron chi connectivity index (χ3n) is 3.31. The topological polar surface area (TPSA) is 64.6 Å². The van der Waals surface area contributed by atoms with Gasteiger partial charge in [0.05, 0.1) is 28.9 Å². The van der Waals surface area contributed by atoms with Crippen molar-refractivity contribution in [2.24, 2.45) is 0 Å². The van der Waals surface area contributed by atoms with Gasteiger partial charge in [-0.15, -0.1) is 0 Å². The molecule has 2 aromatic rings. The largest absolute Gasteiger partial charge is 0.497 e. The van der Waals surface area contributed by atoms with Crippen LogP contribution in [0, 0.1) is 0 Å². The summed E-state index contributed by atoms with van der Waals surface area (Å²) >= 11 is 8.91. The highest BCUT2D eigenvalue weighted by atomic mass is 79.9. The van der Waals surface area contributed by atoms with Crippen LogP contribution in [0.3, 0.4) is 0 Å². The number of hydrogen-bond donors (Lipinski definition) is 1. The lowest BCUT2D eigenvalue weighted by Gasteiger charge is -2.15. The molecule has 0 aliphatic rings. The van der Waals surface area contributed by atoms with E-state index in [-0.39, 0.29) is 10.6 Å². The number of esters is 1. The highest BCUT2D eigenvalue weighted by Gasteiger charge is 2.34. The molecule has 0 aliphatic heterocycles. The number of ether oxygens (including phenoxy) is 2. The molecule has 0 saturated heterocycles. The molecule has 0 aliphatic carbocycles. The third kappa shape index (κ3) is 5.36. The fourth-order valence-corrected chi connectivity index (χ4v) is 2.69. The van der Waals surface area contributed by atoms with Crippen LogP contribution in [-0.4, -0.2) is 25.6 Å². The molecule has 0 atom stereocenters. The average molecular weight is 467 g/mol. The van der Waals surface area contributed by atoms with E-state index in [9.17, 15) is 22.8 Å². The summed E-state index contributed by atoms with van der Waals surface area (Å²) in [7, 11) is 1.41. The molecule has 144 valence electrons. The Bertz CT molecular complexity index is 874. The first-order chi connectivity index (χ1) is 12.6. The summed E-state index contributed by atoms with van der Waals surface area (Å²) in [5, 5.41) is 1.73. The van der Waals surface area contributed by atoms with Crippen LogP contribution < -0.4 is 10.1 Å². The first-order valence-corrected chi connectivity index (χ1v) is 8.46. The lowest BCUT2D eigenvalue weighted by atomic mass is 10.1. The number of alkyl halides is 3. The predicted octanol–water partition coefficient (Wildman–Crippen LogP) is 4.93. The van der Waals surface area contributed by atoms with Gasteiger partial charge in [0.1, 0.15) is 5.75 Å². The van der Waals surface area contributed by atoms with Gasteiger partial charge in [-0.05, 0) is 46.3 Å². The molecule has 1 N–H and O–H groups in total.